The van der Waals surface area contributed by atoms with Gasteiger partial charge in [0.05, 0.1) is 5.41 Å². The van der Waals surface area contributed by atoms with Crippen molar-refractivity contribution in [2.24, 2.45) is 0 Å². The van der Waals surface area contributed by atoms with E-state index in [0.717, 1.165) is 22.3 Å². The molecule has 2 heterocycles. The first-order chi connectivity index (χ1) is 18.2. The van der Waals surface area contributed by atoms with Crippen LogP contribution in [0.3, 0.4) is 0 Å². The fraction of sp³-hybridized carbons (Fsp3) is 0.0323. The first kappa shape index (κ1) is 21.2. The summed E-state index contributed by atoms with van der Waals surface area (Å²) >= 11 is 0. The largest absolute Gasteiger partial charge is 0.272 e. The highest BCUT2D eigenvalue weighted by Gasteiger charge is 2.48. The lowest BCUT2D eigenvalue weighted by molar-refractivity contribution is 0.0950. The standard InChI is InChI=1S/C31H20N4O2/c36-29(34-15-13-32-19-34)21-9-11-23(12-10-21)31(24-17-22(18-24)30(37)35-16-14-33-20-35)27-7-3-1-5-25(27)26-6-2-4-8-28(26)31/h1-20H. The van der Waals surface area contributed by atoms with E-state index >= 15 is 0 Å². The second-order valence-corrected chi connectivity index (χ2v) is 9.17. The molecule has 0 aliphatic heterocycles. The average molecular weight is 481 g/mol. The van der Waals surface area contributed by atoms with Crippen molar-refractivity contribution >= 4 is 11.8 Å². The summed E-state index contributed by atoms with van der Waals surface area (Å²) in [4.78, 5) is 33.9. The lowest BCUT2D eigenvalue weighted by atomic mass is 9.64. The Kier molecular flexibility index (Phi) is 4.56. The van der Waals surface area contributed by atoms with E-state index in [9.17, 15) is 9.59 Å². The number of fused-ring (bicyclic) bond motifs is 3. The molecule has 0 spiro atoms. The van der Waals surface area contributed by atoms with Crippen molar-refractivity contribution in [1.82, 2.24) is 19.1 Å². The Labute approximate surface area is 212 Å². The van der Waals surface area contributed by atoms with E-state index in [0.29, 0.717) is 11.1 Å². The molecule has 0 bridgehead atoms. The third-order valence-corrected chi connectivity index (χ3v) is 7.30. The third kappa shape index (κ3) is 2.99. The van der Waals surface area contributed by atoms with Crippen LogP contribution in [0.2, 0.25) is 0 Å². The number of allylic oxidation sites excluding steroid dienone is 4. The van der Waals surface area contributed by atoms with Gasteiger partial charge >= 0.3 is 0 Å². The molecule has 0 N–H and O–H groups in total. The zero-order chi connectivity index (χ0) is 25.0. The SMILES string of the molecule is O=C(C1=CC(C2(c3ccc(C(=O)n4ccnc4)cc3)c3ccccc3-c3ccccc32)=C1)n1ccnc1. The summed E-state index contributed by atoms with van der Waals surface area (Å²) < 4.78 is 2.95. The monoisotopic (exact) mass is 480 g/mol. The van der Waals surface area contributed by atoms with Crippen molar-refractivity contribution in [2.75, 3.05) is 0 Å². The van der Waals surface area contributed by atoms with Gasteiger partial charge in [0, 0.05) is 35.9 Å². The number of hydrogen-bond donors (Lipinski definition) is 0. The lowest BCUT2D eigenvalue weighted by Crippen LogP contribution is -2.32. The molecule has 3 aromatic carbocycles. The fourth-order valence-electron chi connectivity index (χ4n) is 5.61. The second-order valence-electron chi connectivity index (χ2n) is 9.17. The number of carbonyl (C=O) groups excluding carboxylic acids is 2. The fourth-order valence-corrected chi connectivity index (χ4v) is 5.61. The van der Waals surface area contributed by atoms with Crippen LogP contribution < -0.4 is 0 Å². The third-order valence-electron chi connectivity index (χ3n) is 7.30. The Morgan fingerprint density at radius 3 is 1.73 bits per heavy atom. The molecule has 0 fully saturated rings. The Morgan fingerprint density at radius 1 is 0.649 bits per heavy atom. The maximum atomic E-state index is 13.0. The molecule has 2 aliphatic carbocycles. The average Bonchev–Trinajstić information content (AvgIpc) is 3.69. The van der Waals surface area contributed by atoms with E-state index in [-0.39, 0.29) is 11.8 Å². The van der Waals surface area contributed by atoms with Crippen LogP contribution in [0.1, 0.15) is 31.8 Å². The van der Waals surface area contributed by atoms with Gasteiger partial charge in [0.2, 0.25) is 0 Å². The molecule has 0 saturated carbocycles. The van der Waals surface area contributed by atoms with Crippen LogP contribution in [0.5, 0.6) is 0 Å². The molecular weight excluding hydrogens is 460 g/mol. The predicted octanol–water partition coefficient (Wildman–Crippen LogP) is 5.29. The van der Waals surface area contributed by atoms with E-state index in [2.05, 4.69) is 58.5 Å². The maximum absolute atomic E-state index is 13.0. The summed E-state index contributed by atoms with van der Waals surface area (Å²) in [6.07, 6.45) is 13.5. The Morgan fingerprint density at radius 2 is 1.19 bits per heavy atom. The molecule has 176 valence electrons. The molecule has 2 aliphatic rings. The summed E-state index contributed by atoms with van der Waals surface area (Å²) in [5.74, 6) is -0.251. The molecule has 2 aromatic heterocycles. The quantitative estimate of drug-likeness (QED) is 0.351. The van der Waals surface area contributed by atoms with Crippen LogP contribution in [0.25, 0.3) is 11.1 Å². The number of hydrogen-bond acceptors (Lipinski definition) is 4. The molecule has 0 unspecified atom stereocenters. The number of carbonyl (C=O) groups is 2. The van der Waals surface area contributed by atoms with Crippen molar-refractivity contribution in [1.29, 1.82) is 0 Å². The van der Waals surface area contributed by atoms with Crippen LogP contribution in [0, 0.1) is 0 Å². The van der Waals surface area contributed by atoms with Gasteiger partial charge in [-0.05, 0) is 57.7 Å². The highest BCUT2D eigenvalue weighted by molar-refractivity contribution is 6.02. The predicted molar refractivity (Wildman–Crippen MR) is 139 cm³/mol. The van der Waals surface area contributed by atoms with Gasteiger partial charge in [-0.1, -0.05) is 60.7 Å². The van der Waals surface area contributed by atoms with Crippen LogP contribution in [-0.4, -0.2) is 30.9 Å². The van der Waals surface area contributed by atoms with Crippen molar-refractivity contribution in [2.45, 2.75) is 5.41 Å². The number of benzene rings is 3. The van der Waals surface area contributed by atoms with Gasteiger partial charge in [0.1, 0.15) is 12.7 Å². The summed E-state index contributed by atoms with van der Waals surface area (Å²) in [6.45, 7) is 0. The maximum Gasteiger partial charge on any atom is 0.263 e. The molecule has 7 rings (SSSR count). The summed E-state index contributed by atoms with van der Waals surface area (Å²) in [5.41, 5.74) is 7.30. The van der Waals surface area contributed by atoms with Crippen LogP contribution >= 0.6 is 0 Å². The minimum absolute atomic E-state index is 0.114. The second kappa shape index (κ2) is 7.96. The first-order valence-electron chi connectivity index (χ1n) is 12.0. The van der Waals surface area contributed by atoms with Gasteiger partial charge in [0.15, 0.2) is 0 Å². The zero-order valence-corrected chi connectivity index (χ0v) is 19.7. The summed E-state index contributed by atoms with van der Waals surface area (Å²) in [5, 5.41) is 0. The topological polar surface area (TPSA) is 69.8 Å². The number of nitrogens with zero attached hydrogens (tertiary/aromatic N) is 4. The molecule has 6 heteroatoms. The Balaban J connectivity index is 1.39. The summed E-state index contributed by atoms with van der Waals surface area (Å²) in [6, 6.07) is 24.6. The minimum atomic E-state index is -0.609. The number of imidazole rings is 2. The van der Waals surface area contributed by atoms with E-state index in [1.54, 1.807) is 24.8 Å². The van der Waals surface area contributed by atoms with Crippen molar-refractivity contribution in [3.63, 3.8) is 0 Å². The molecule has 6 nitrogen and oxygen atoms in total. The van der Waals surface area contributed by atoms with Crippen LogP contribution in [0.4, 0.5) is 0 Å². The summed E-state index contributed by atoms with van der Waals surface area (Å²) in [7, 11) is 0. The van der Waals surface area contributed by atoms with Gasteiger partial charge in [-0.15, -0.1) is 0 Å². The van der Waals surface area contributed by atoms with Gasteiger partial charge in [-0.25, -0.2) is 9.97 Å². The van der Waals surface area contributed by atoms with E-state index < -0.39 is 5.41 Å². The van der Waals surface area contributed by atoms with Crippen molar-refractivity contribution in [3.8, 4) is 11.1 Å². The molecule has 0 radical (unpaired) electrons. The van der Waals surface area contributed by atoms with Gasteiger partial charge in [0.25, 0.3) is 11.8 Å². The lowest BCUT2D eigenvalue weighted by Gasteiger charge is -2.37. The molecular formula is C31H20N4O2. The molecule has 0 atom stereocenters. The van der Waals surface area contributed by atoms with Crippen LogP contribution in [-0.2, 0) is 5.41 Å². The number of rotatable bonds is 4. The van der Waals surface area contributed by atoms with Crippen LogP contribution in [0.15, 0.2) is 134 Å². The molecule has 5 aromatic rings. The first-order valence-corrected chi connectivity index (χ1v) is 12.0. The highest BCUT2D eigenvalue weighted by Crippen LogP contribution is 2.58. The number of aromatic nitrogens is 4. The van der Waals surface area contributed by atoms with Gasteiger partial charge in [-0.2, -0.15) is 0 Å². The van der Waals surface area contributed by atoms with E-state index in [4.69, 9.17) is 0 Å². The smallest absolute Gasteiger partial charge is 0.263 e. The Bertz CT molecular complexity index is 1700. The van der Waals surface area contributed by atoms with Crippen molar-refractivity contribution < 1.29 is 9.59 Å². The van der Waals surface area contributed by atoms with Gasteiger partial charge in [-0.3, -0.25) is 18.7 Å². The van der Waals surface area contributed by atoms with Gasteiger partial charge < -0.3 is 0 Å². The van der Waals surface area contributed by atoms with E-state index in [1.807, 2.05) is 36.4 Å². The highest BCUT2D eigenvalue weighted by atomic mass is 16.2. The molecule has 0 saturated heterocycles. The molecule has 37 heavy (non-hydrogen) atoms. The van der Waals surface area contributed by atoms with E-state index in [1.165, 1.54) is 32.9 Å². The minimum Gasteiger partial charge on any atom is -0.272 e. The normalized spacial score (nSPS) is 14.7. The Hall–Kier alpha value is -5.10. The van der Waals surface area contributed by atoms with Crippen molar-refractivity contribution in [3.05, 3.63) is 156 Å². The zero-order valence-electron chi connectivity index (χ0n) is 19.7. The molecule has 0 amide bonds.